The highest BCUT2D eigenvalue weighted by molar-refractivity contribution is 9.10. The van der Waals surface area contributed by atoms with Crippen molar-refractivity contribution in [3.63, 3.8) is 0 Å². The van der Waals surface area contributed by atoms with E-state index in [4.69, 9.17) is 4.74 Å². The number of nitrogens with zero attached hydrogens (tertiary/aromatic N) is 1. The van der Waals surface area contributed by atoms with Crippen LogP contribution in [0, 0.1) is 10.1 Å². The first-order valence-corrected chi connectivity index (χ1v) is 7.29. The second-order valence-electron chi connectivity index (χ2n) is 4.34. The molecular formula is C15H15BrN2O3. The van der Waals surface area contributed by atoms with Crippen LogP contribution in [-0.2, 0) is 6.61 Å². The molecule has 5 nitrogen and oxygen atoms in total. The number of nitrogens with one attached hydrogen (secondary N) is 1. The number of rotatable bonds is 6. The summed E-state index contributed by atoms with van der Waals surface area (Å²) in [7, 11) is 0. The molecular weight excluding hydrogens is 336 g/mol. The van der Waals surface area contributed by atoms with E-state index in [2.05, 4.69) is 21.2 Å². The quantitative estimate of drug-likeness (QED) is 0.620. The smallest absolute Gasteiger partial charge is 0.292 e. The summed E-state index contributed by atoms with van der Waals surface area (Å²) in [4.78, 5) is 10.7. The van der Waals surface area contributed by atoms with Gasteiger partial charge < -0.3 is 10.1 Å². The summed E-state index contributed by atoms with van der Waals surface area (Å²) in [6.45, 7) is 2.78. The third kappa shape index (κ3) is 3.95. The van der Waals surface area contributed by atoms with Gasteiger partial charge in [-0.25, -0.2) is 0 Å². The van der Waals surface area contributed by atoms with Crippen LogP contribution in [0.25, 0.3) is 0 Å². The van der Waals surface area contributed by atoms with E-state index in [1.165, 1.54) is 6.07 Å². The SMILES string of the molecule is CCNc1c(COc2ccc(Br)cc2)cccc1[N+](=O)[O-]. The largest absolute Gasteiger partial charge is 0.489 e. The van der Waals surface area contributed by atoms with Gasteiger partial charge in [0.05, 0.1) is 4.92 Å². The Morgan fingerprint density at radius 3 is 2.57 bits per heavy atom. The Morgan fingerprint density at radius 1 is 1.24 bits per heavy atom. The molecule has 2 aromatic rings. The molecule has 0 aliphatic rings. The van der Waals surface area contributed by atoms with Crippen molar-refractivity contribution in [3.8, 4) is 5.75 Å². The summed E-state index contributed by atoms with van der Waals surface area (Å²) in [5.74, 6) is 0.715. The van der Waals surface area contributed by atoms with Crippen molar-refractivity contribution in [2.24, 2.45) is 0 Å². The van der Waals surface area contributed by atoms with Crippen molar-refractivity contribution in [2.75, 3.05) is 11.9 Å². The van der Waals surface area contributed by atoms with Crippen LogP contribution in [0.15, 0.2) is 46.9 Å². The Bertz CT molecular complexity index is 629. The number of anilines is 1. The summed E-state index contributed by atoms with van der Waals surface area (Å²) in [6, 6.07) is 12.4. The van der Waals surface area contributed by atoms with Crippen molar-refractivity contribution in [1.82, 2.24) is 0 Å². The molecule has 0 aliphatic carbocycles. The average Bonchev–Trinajstić information content (AvgIpc) is 2.47. The molecule has 110 valence electrons. The molecule has 0 fully saturated rings. The molecule has 0 unspecified atom stereocenters. The molecule has 0 bridgehead atoms. The van der Waals surface area contributed by atoms with E-state index in [0.29, 0.717) is 18.0 Å². The van der Waals surface area contributed by atoms with Crippen molar-refractivity contribution in [2.45, 2.75) is 13.5 Å². The number of para-hydroxylation sites is 1. The third-order valence-corrected chi connectivity index (χ3v) is 3.42. The number of nitro benzene ring substituents is 1. The van der Waals surface area contributed by atoms with Gasteiger partial charge in [-0.3, -0.25) is 10.1 Å². The monoisotopic (exact) mass is 350 g/mol. The number of ether oxygens (including phenoxy) is 1. The predicted molar refractivity (Wildman–Crippen MR) is 85.7 cm³/mol. The molecule has 0 heterocycles. The van der Waals surface area contributed by atoms with Gasteiger partial charge in [-0.05, 0) is 31.2 Å². The normalized spacial score (nSPS) is 10.2. The third-order valence-electron chi connectivity index (χ3n) is 2.89. The molecule has 2 aromatic carbocycles. The van der Waals surface area contributed by atoms with Crippen molar-refractivity contribution in [1.29, 1.82) is 0 Å². The Labute approximate surface area is 131 Å². The van der Waals surface area contributed by atoms with Crippen LogP contribution in [0.1, 0.15) is 12.5 Å². The zero-order valence-corrected chi connectivity index (χ0v) is 13.1. The van der Waals surface area contributed by atoms with Gasteiger partial charge in [0.25, 0.3) is 5.69 Å². The summed E-state index contributed by atoms with van der Waals surface area (Å²) in [6.07, 6.45) is 0. The first-order valence-electron chi connectivity index (χ1n) is 6.50. The highest BCUT2D eigenvalue weighted by atomic mass is 79.9. The fraction of sp³-hybridized carbons (Fsp3) is 0.200. The number of hydrogen-bond donors (Lipinski definition) is 1. The number of nitro groups is 1. The lowest BCUT2D eigenvalue weighted by molar-refractivity contribution is -0.384. The van der Waals surface area contributed by atoms with Crippen molar-refractivity contribution in [3.05, 3.63) is 62.6 Å². The topological polar surface area (TPSA) is 64.4 Å². The lowest BCUT2D eigenvalue weighted by Gasteiger charge is -2.12. The van der Waals surface area contributed by atoms with Crippen LogP contribution in [0.5, 0.6) is 5.75 Å². The molecule has 0 radical (unpaired) electrons. The van der Waals surface area contributed by atoms with Crippen LogP contribution >= 0.6 is 15.9 Å². The second kappa shape index (κ2) is 7.08. The fourth-order valence-corrected chi connectivity index (χ4v) is 2.20. The van der Waals surface area contributed by atoms with Gasteiger partial charge in [-0.2, -0.15) is 0 Å². The minimum Gasteiger partial charge on any atom is -0.489 e. The van der Waals surface area contributed by atoms with Crippen LogP contribution < -0.4 is 10.1 Å². The van der Waals surface area contributed by atoms with Gasteiger partial charge >= 0.3 is 0 Å². The van der Waals surface area contributed by atoms with Crippen LogP contribution in [0.2, 0.25) is 0 Å². The van der Waals surface area contributed by atoms with E-state index in [9.17, 15) is 10.1 Å². The molecule has 0 atom stereocenters. The molecule has 6 heteroatoms. The Morgan fingerprint density at radius 2 is 1.95 bits per heavy atom. The summed E-state index contributed by atoms with van der Waals surface area (Å²) in [5, 5.41) is 14.1. The van der Waals surface area contributed by atoms with E-state index in [-0.39, 0.29) is 17.2 Å². The Kier molecular flexibility index (Phi) is 5.16. The molecule has 1 N–H and O–H groups in total. The summed E-state index contributed by atoms with van der Waals surface area (Å²) in [5.41, 5.74) is 1.34. The van der Waals surface area contributed by atoms with Gasteiger partial charge in [0.15, 0.2) is 0 Å². The van der Waals surface area contributed by atoms with Gasteiger partial charge in [-0.1, -0.05) is 28.1 Å². The summed E-state index contributed by atoms with van der Waals surface area (Å²) < 4.78 is 6.66. The van der Waals surface area contributed by atoms with Gasteiger partial charge in [0, 0.05) is 22.6 Å². The van der Waals surface area contributed by atoms with Crippen molar-refractivity contribution < 1.29 is 9.66 Å². The fourth-order valence-electron chi connectivity index (χ4n) is 1.93. The molecule has 0 amide bonds. The highest BCUT2D eigenvalue weighted by Crippen LogP contribution is 2.29. The Hall–Kier alpha value is -2.08. The minimum atomic E-state index is -0.388. The maximum atomic E-state index is 11.1. The van der Waals surface area contributed by atoms with Gasteiger partial charge in [-0.15, -0.1) is 0 Å². The van der Waals surface area contributed by atoms with Crippen molar-refractivity contribution >= 4 is 27.3 Å². The number of benzene rings is 2. The second-order valence-corrected chi connectivity index (χ2v) is 5.26. The van der Waals surface area contributed by atoms with Crippen LogP contribution in [0.3, 0.4) is 0 Å². The van der Waals surface area contributed by atoms with Gasteiger partial charge in [0.1, 0.15) is 18.0 Å². The van der Waals surface area contributed by atoms with E-state index < -0.39 is 0 Å². The Balaban J connectivity index is 2.20. The first kappa shape index (κ1) is 15.3. The number of halogens is 1. The zero-order valence-electron chi connectivity index (χ0n) is 11.5. The van der Waals surface area contributed by atoms with E-state index >= 15 is 0 Å². The summed E-state index contributed by atoms with van der Waals surface area (Å²) >= 11 is 3.36. The van der Waals surface area contributed by atoms with Crippen LogP contribution in [0.4, 0.5) is 11.4 Å². The molecule has 0 aromatic heterocycles. The van der Waals surface area contributed by atoms with E-state index in [0.717, 1.165) is 10.0 Å². The van der Waals surface area contributed by atoms with Gasteiger partial charge in [0.2, 0.25) is 0 Å². The van der Waals surface area contributed by atoms with Crippen LogP contribution in [-0.4, -0.2) is 11.5 Å². The predicted octanol–water partition coefficient (Wildman–Crippen LogP) is 4.37. The first-order chi connectivity index (χ1) is 10.1. The standard InChI is InChI=1S/C15H15BrN2O3/c1-2-17-15-11(4-3-5-14(15)18(19)20)10-21-13-8-6-12(16)7-9-13/h3-9,17H,2,10H2,1H3. The lowest BCUT2D eigenvalue weighted by Crippen LogP contribution is -2.06. The number of hydrogen-bond acceptors (Lipinski definition) is 4. The average molecular weight is 351 g/mol. The highest BCUT2D eigenvalue weighted by Gasteiger charge is 2.16. The molecule has 21 heavy (non-hydrogen) atoms. The maximum Gasteiger partial charge on any atom is 0.292 e. The molecule has 0 saturated carbocycles. The maximum absolute atomic E-state index is 11.1. The zero-order chi connectivity index (χ0) is 15.2. The molecule has 0 spiro atoms. The molecule has 0 aliphatic heterocycles. The van der Waals surface area contributed by atoms with E-state index in [1.54, 1.807) is 6.07 Å². The lowest BCUT2D eigenvalue weighted by atomic mass is 10.1. The van der Waals surface area contributed by atoms with E-state index in [1.807, 2.05) is 37.3 Å². The molecule has 0 saturated heterocycles. The molecule has 2 rings (SSSR count). The minimum absolute atomic E-state index is 0.0637.